The molecule has 0 saturated heterocycles. The van der Waals surface area contributed by atoms with Crippen molar-refractivity contribution in [3.05, 3.63) is 18.7 Å². The molecule has 1 rings (SSSR count). The Morgan fingerprint density at radius 1 is 1.64 bits per heavy atom. The normalized spacial score (nSPS) is 11.5. The summed E-state index contributed by atoms with van der Waals surface area (Å²) in [5.41, 5.74) is 0. The molecule has 1 unspecified atom stereocenters. The Kier molecular flexibility index (Phi) is 6.73. The number of aromatic amines is 1. The molecule has 0 fully saturated rings. The molecular formula is C8H16N2O. The number of H-pyrrole nitrogens is 1. The van der Waals surface area contributed by atoms with Gasteiger partial charge in [-0.3, -0.25) is 0 Å². The average Bonchev–Trinajstić information content (AvgIpc) is 2.60. The van der Waals surface area contributed by atoms with Crippen molar-refractivity contribution >= 4 is 0 Å². The van der Waals surface area contributed by atoms with Crippen LogP contribution in [0.3, 0.4) is 0 Å². The quantitative estimate of drug-likeness (QED) is 0.680. The first-order valence-corrected chi connectivity index (χ1v) is 3.84. The van der Waals surface area contributed by atoms with E-state index in [1.54, 1.807) is 18.7 Å². The second-order valence-corrected chi connectivity index (χ2v) is 2.46. The number of hydrogen-bond acceptors (Lipinski definition) is 2. The minimum Gasteiger partial charge on any atom is -0.396 e. The fourth-order valence-corrected chi connectivity index (χ4v) is 0.344. The largest absolute Gasteiger partial charge is 0.396 e. The second kappa shape index (κ2) is 7.28. The monoisotopic (exact) mass is 156 g/mol. The van der Waals surface area contributed by atoms with E-state index in [0.717, 1.165) is 6.42 Å². The summed E-state index contributed by atoms with van der Waals surface area (Å²) in [4.78, 5) is 6.42. The Bertz CT molecular complexity index is 119. The number of nitrogens with zero attached hydrogens (tertiary/aromatic N) is 1. The van der Waals surface area contributed by atoms with Crippen LogP contribution in [0.1, 0.15) is 20.3 Å². The maximum absolute atomic E-state index is 8.33. The highest BCUT2D eigenvalue weighted by atomic mass is 16.3. The lowest BCUT2D eigenvalue weighted by molar-refractivity contribution is 0.234. The SMILES string of the molecule is CCC(C)CO.c1c[nH]cn1. The van der Waals surface area contributed by atoms with Crippen molar-refractivity contribution in [1.82, 2.24) is 9.97 Å². The van der Waals surface area contributed by atoms with Gasteiger partial charge in [0, 0.05) is 19.0 Å². The van der Waals surface area contributed by atoms with Gasteiger partial charge in [-0.25, -0.2) is 4.98 Å². The van der Waals surface area contributed by atoms with E-state index in [1.807, 2.05) is 6.92 Å². The summed E-state index contributed by atoms with van der Waals surface area (Å²) in [6.07, 6.45) is 6.16. The zero-order chi connectivity index (χ0) is 8.53. The Morgan fingerprint density at radius 2 is 2.36 bits per heavy atom. The predicted octanol–water partition coefficient (Wildman–Crippen LogP) is 1.43. The van der Waals surface area contributed by atoms with Gasteiger partial charge in [0.25, 0.3) is 0 Å². The van der Waals surface area contributed by atoms with E-state index in [1.165, 1.54) is 0 Å². The zero-order valence-electron chi connectivity index (χ0n) is 7.12. The van der Waals surface area contributed by atoms with Crippen LogP contribution in [0, 0.1) is 5.92 Å². The van der Waals surface area contributed by atoms with E-state index in [9.17, 15) is 0 Å². The molecule has 0 bridgehead atoms. The molecule has 0 aliphatic rings. The lowest BCUT2D eigenvalue weighted by atomic mass is 10.1. The first kappa shape index (κ1) is 10.2. The van der Waals surface area contributed by atoms with Crippen molar-refractivity contribution in [1.29, 1.82) is 0 Å². The van der Waals surface area contributed by atoms with Crippen molar-refractivity contribution in [3.8, 4) is 0 Å². The molecule has 0 aliphatic heterocycles. The van der Waals surface area contributed by atoms with Gasteiger partial charge in [-0.1, -0.05) is 20.3 Å². The summed E-state index contributed by atoms with van der Waals surface area (Å²) in [6.45, 7) is 4.43. The molecule has 1 aromatic rings. The highest BCUT2D eigenvalue weighted by molar-refractivity contribution is 4.64. The number of nitrogens with one attached hydrogen (secondary N) is 1. The summed E-state index contributed by atoms with van der Waals surface area (Å²) in [6, 6.07) is 0. The maximum Gasteiger partial charge on any atom is 0.0919 e. The summed E-state index contributed by atoms with van der Waals surface area (Å²) < 4.78 is 0. The number of aromatic nitrogens is 2. The van der Waals surface area contributed by atoms with E-state index in [0.29, 0.717) is 12.5 Å². The molecule has 3 heteroatoms. The van der Waals surface area contributed by atoms with Gasteiger partial charge in [-0.2, -0.15) is 0 Å². The van der Waals surface area contributed by atoms with Crippen molar-refractivity contribution in [2.45, 2.75) is 20.3 Å². The summed E-state index contributed by atoms with van der Waals surface area (Å²) in [7, 11) is 0. The molecule has 11 heavy (non-hydrogen) atoms. The van der Waals surface area contributed by atoms with E-state index in [2.05, 4.69) is 16.9 Å². The van der Waals surface area contributed by atoms with Crippen molar-refractivity contribution in [2.24, 2.45) is 5.92 Å². The lowest BCUT2D eigenvalue weighted by Crippen LogP contribution is -1.96. The van der Waals surface area contributed by atoms with Crippen LogP contribution in [0.5, 0.6) is 0 Å². The highest BCUT2D eigenvalue weighted by Crippen LogP contribution is 1.95. The molecule has 64 valence electrons. The molecule has 2 N–H and O–H groups in total. The van der Waals surface area contributed by atoms with Crippen LogP contribution < -0.4 is 0 Å². The van der Waals surface area contributed by atoms with Crippen molar-refractivity contribution in [3.63, 3.8) is 0 Å². The van der Waals surface area contributed by atoms with Gasteiger partial charge in [0.05, 0.1) is 6.33 Å². The minimum absolute atomic E-state index is 0.330. The topological polar surface area (TPSA) is 48.9 Å². The Balaban J connectivity index is 0.000000183. The third-order valence-electron chi connectivity index (χ3n) is 1.41. The molecule has 1 atom stereocenters. The van der Waals surface area contributed by atoms with Gasteiger partial charge in [0.1, 0.15) is 0 Å². The van der Waals surface area contributed by atoms with E-state index in [4.69, 9.17) is 5.11 Å². The van der Waals surface area contributed by atoms with Crippen molar-refractivity contribution < 1.29 is 5.11 Å². The fourth-order valence-electron chi connectivity index (χ4n) is 0.344. The number of rotatable bonds is 2. The van der Waals surface area contributed by atoms with Crippen LogP contribution in [-0.4, -0.2) is 21.7 Å². The van der Waals surface area contributed by atoms with Crippen LogP contribution in [0.4, 0.5) is 0 Å². The number of hydrogen-bond donors (Lipinski definition) is 2. The molecule has 0 aliphatic carbocycles. The molecule has 1 aromatic heterocycles. The Morgan fingerprint density at radius 3 is 2.45 bits per heavy atom. The molecule has 1 heterocycles. The van der Waals surface area contributed by atoms with E-state index < -0.39 is 0 Å². The molecule has 0 amide bonds. The first-order chi connectivity index (χ1) is 5.31. The van der Waals surface area contributed by atoms with Gasteiger partial charge >= 0.3 is 0 Å². The number of aliphatic hydroxyl groups is 1. The van der Waals surface area contributed by atoms with Gasteiger partial charge in [0.2, 0.25) is 0 Å². The van der Waals surface area contributed by atoms with Crippen LogP contribution in [0.15, 0.2) is 18.7 Å². The van der Waals surface area contributed by atoms with Crippen LogP contribution >= 0.6 is 0 Å². The third kappa shape index (κ3) is 7.06. The van der Waals surface area contributed by atoms with Crippen molar-refractivity contribution in [2.75, 3.05) is 6.61 Å². The van der Waals surface area contributed by atoms with Gasteiger partial charge in [-0.15, -0.1) is 0 Å². The molecule has 3 nitrogen and oxygen atoms in total. The number of imidazole rings is 1. The lowest BCUT2D eigenvalue weighted by Gasteiger charge is -1.98. The zero-order valence-corrected chi connectivity index (χ0v) is 7.12. The van der Waals surface area contributed by atoms with E-state index in [-0.39, 0.29) is 0 Å². The Hall–Kier alpha value is -0.830. The van der Waals surface area contributed by atoms with Gasteiger partial charge in [0.15, 0.2) is 0 Å². The second-order valence-electron chi connectivity index (χ2n) is 2.46. The first-order valence-electron chi connectivity index (χ1n) is 3.84. The smallest absolute Gasteiger partial charge is 0.0919 e. The summed E-state index contributed by atoms with van der Waals surface area (Å²) >= 11 is 0. The highest BCUT2D eigenvalue weighted by Gasteiger charge is 1.90. The number of aliphatic hydroxyl groups excluding tert-OH is 1. The van der Waals surface area contributed by atoms with Crippen LogP contribution in [0.25, 0.3) is 0 Å². The molecule has 0 saturated carbocycles. The summed E-state index contributed by atoms with van der Waals surface area (Å²) in [5.74, 6) is 0.491. The van der Waals surface area contributed by atoms with Crippen LogP contribution in [-0.2, 0) is 0 Å². The average molecular weight is 156 g/mol. The molecular weight excluding hydrogens is 140 g/mol. The maximum atomic E-state index is 8.33. The summed E-state index contributed by atoms with van der Waals surface area (Å²) in [5, 5.41) is 8.33. The molecule has 0 spiro atoms. The van der Waals surface area contributed by atoms with Gasteiger partial charge in [-0.05, 0) is 5.92 Å². The van der Waals surface area contributed by atoms with Crippen LogP contribution in [0.2, 0.25) is 0 Å². The molecule has 0 radical (unpaired) electrons. The third-order valence-corrected chi connectivity index (χ3v) is 1.41. The predicted molar refractivity (Wildman–Crippen MR) is 45.1 cm³/mol. The van der Waals surface area contributed by atoms with Gasteiger partial charge < -0.3 is 10.1 Å². The fraction of sp³-hybridized carbons (Fsp3) is 0.625. The standard InChI is InChI=1S/C5H12O.C3H4N2/c1-3-5(2)4-6;1-2-5-3-4-1/h5-6H,3-4H2,1-2H3;1-3H,(H,4,5). The van der Waals surface area contributed by atoms with E-state index >= 15 is 0 Å². The minimum atomic E-state index is 0.330. The Labute approximate surface area is 67.5 Å². The molecule has 0 aromatic carbocycles.